The van der Waals surface area contributed by atoms with Gasteiger partial charge in [-0.05, 0) is 18.6 Å². The number of alkyl halides is 2. The van der Waals surface area contributed by atoms with Crippen molar-refractivity contribution in [1.82, 2.24) is 25.4 Å². The number of hydrogen-bond donors (Lipinski definition) is 2. The summed E-state index contributed by atoms with van der Waals surface area (Å²) in [4.78, 5) is 4.02. The first-order valence-corrected chi connectivity index (χ1v) is 7.84. The maximum Gasteiger partial charge on any atom is 0.248 e. The fourth-order valence-electron chi connectivity index (χ4n) is 2.33. The number of hydrogen-bond acceptors (Lipinski definition) is 6. The van der Waals surface area contributed by atoms with E-state index in [0.29, 0.717) is 17.3 Å². The number of nitrogen functional groups attached to an aromatic ring is 1. The van der Waals surface area contributed by atoms with Gasteiger partial charge in [0.05, 0.1) is 6.20 Å². The molecule has 1 aliphatic carbocycles. The summed E-state index contributed by atoms with van der Waals surface area (Å²) in [6.07, 6.45) is 3.34. The standard InChI is InChI=1S/C12H18F2N6S/c1-7-3-4-12(13,14)5-8(7)10-18-16-6-9(21-2)17-11(15)20-19-10/h6-8H,3-5H2,1-2H3,(H2,15,20)(H,18,19). The van der Waals surface area contributed by atoms with Gasteiger partial charge in [-0.1, -0.05) is 6.92 Å². The smallest absolute Gasteiger partial charge is 0.248 e. The van der Waals surface area contributed by atoms with Crippen molar-refractivity contribution in [1.29, 1.82) is 0 Å². The molecule has 1 heterocycles. The molecule has 21 heavy (non-hydrogen) atoms. The summed E-state index contributed by atoms with van der Waals surface area (Å²) in [6, 6.07) is 0. The van der Waals surface area contributed by atoms with Gasteiger partial charge < -0.3 is 5.73 Å². The van der Waals surface area contributed by atoms with Crippen molar-refractivity contribution < 1.29 is 8.78 Å². The molecule has 2 unspecified atom stereocenters. The van der Waals surface area contributed by atoms with Crippen molar-refractivity contribution >= 4 is 17.7 Å². The summed E-state index contributed by atoms with van der Waals surface area (Å²) >= 11 is 1.34. The normalized spacial score (nSPS) is 24.4. The highest BCUT2D eigenvalue weighted by Crippen LogP contribution is 2.43. The Morgan fingerprint density at radius 2 is 2.24 bits per heavy atom. The Bertz CT molecular complexity index is 548. The van der Waals surface area contributed by atoms with Gasteiger partial charge in [0.15, 0.2) is 0 Å². The quantitative estimate of drug-likeness (QED) is 0.815. The minimum atomic E-state index is -2.68. The molecule has 1 aliphatic rings. The molecule has 6 nitrogen and oxygen atoms in total. The molecule has 1 saturated carbocycles. The van der Waals surface area contributed by atoms with Gasteiger partial charge in [0, 0.05) is 18.8 Å². The molecule has 116 valence electrons. The SMILES string of the molecule is CSc1cnnc(C2CC(F)(F)CCC2C)[nH]nc(N)n1. The first kappa shape index (κ1) is 15.9. The number of halogens is 2. The maximum absolute atomic E-state index is 13.6. The van der Waals surface area contributed by atoms with Crippen LogP contribution >= 0.6 is 11.8 Å². The second-order valence-electron chi connectivity index (χ2n) is 5.15. The van der Waals surface area contributed by atoms with Crippen LogP contribution in [0.3, 0.4) is 0 Å². The third kappa shape index (κ3) is 4.23. The molecular formula is C12H18F2N6S. The lowest BCUT2D eigenvalue weighted by atomic mass is 9.78. The zero-order valence-corrected chi connectivity index (χ0v) is 12.7. The minimum Gasteiger partial charge on any atom is -0.367 e. The Labute approximate surface area is 125 Å². The van der Waals surface area contributed by atoms with Crippen LogP contribution in [0.2, 0.25) is 0 Å². The molecule has 1 fully saturated rings. The summed E-state index contributed by atoms with van der Waals surface area (Å²) in [5, 5.41) is 15.0. The average Bonchev–Trinajstić information content (AvgIpc) is 2.52. The number of nitrogens with zero attached hydrogens (tertiary/aromatic N) is 4. The molecule has 1 aromatic heterocycles. The summed E-state index contributed by atoms with van der Waals surface area (Å²) in [5.74, 6) is -2.73. The van der Waals surface area contributed by atoms with E-state index >= 15 is 0 Å². The second-order valence-corrected chi connectivity index (χ2v) is 5.97. The Morgan fingerprint density at radius 3 is 2.95 bits per heavy atom. The molecule has 3 N–H and O–H groups in total. The molecule has 0 saturated heterocycles. The van der Waals surface area contributed by atoms with Crippen LogP contribution in [0, 0.1) is 5.92 Å². The molecule has 0 aliphatic heterocycles. The fraction of sp³-hybridized carbons (Fsp3) is 0.667. The van der Waals surface area contributed by atoms with E-state index < -0.39 is 11.8 Å². The Kier molecular flexibility index (Phi) is 4.92. The Morgan fingerprint density at radius 1 is 1.48 bits per heavy atom. The topological polar surface area (TPSA) is 93.4 Å². The van der Waals surface area contributed by atoms with Gasteiger partial charge in [0.2, 0.25) is 11.9 Å². The second kappa shape index (κ2) is 6.50. The summed E-state index contributed by atoms with van der Waals surface area (Å²) in [5.41, 5.74) is 5.64. The molecule has 9 heteroatoms. The van der Waals surface area contributed by atoms with Crippen molar-refractivity contribution in [3.8, 4) is 0 Å². The van der Waals surface area contributed by atoms with Crippen molar-refractivity contribution in [3.63, 3.8) is 0 Å². The lowest BCUT2D eigenvalue weighted by Gasteiger charge is -2.32. The molecule has 0 amide bonds. The largest absolute Gasteiger partial charge is 0.367 e. The zero-order chi connectivity index (χ0) is 15.5. The van der Waals surface area contributed by atoms with Gasteiger partial charge in [-0.2, -0.15) is 5.10 Å². The number of aromatic amines is 1. The minimum absolute atomic E-state index is 0.00984. The lowest BCUT2D eigenvalue weighted by Crippen LogP contribution is -2.31. The van der Waals surface area contributed by atoms with Crippen LogP contribution in [-0.2, 0) is 0 Å². The van der Waals surface area contributed by atoms with Crippen molar-refractivity contribution in [3.05, 3.63) is 12.0 Å². The van der Waals surface area contributed by atoms with Crippen molar-refractivity contribution in [2.45, 2.75) is 43.1 Å². The van der Waals surface area contributed by atoms with Crippen LogP contribution < -0.4 is 5.73 Å². The molecule has 2 rings (SSSR count). The van der Waals surface area contributed by atoms with Gasteiger partial charge in [0.1, 0.15) is 10.9 Å². The van der Waals surface area contributed by atoms with Gasteiger partial charge in [-0.15, -0.1) is 22.0 Å². The maximum atomic E-state index is 13.6. The van der Waals surface area contributed by atoms with Crippen LogP contribution in [0.25, 0.3) is 0 Å². The van der Waals surface area contributed by atoms with Crippen LogP contribution in [0.5, 0.6) is 0 Å². The van der Waals surface area contributed by atoms with E-state index in [0.717, 1.165) is 0 Å². The highest BCUT2D eigenvalue weighted by atomic mass is 32.2. The molecule has 0 bridgehead atoms. The van der Waals surface area contributed by atoms with Gasteiger partial charge in [-0.25, -0.2) is 13.8 Å². The number of H-pyrrole nitrogens is 1. The summed E-state index contributed by atoms with van der Waals surface area (Å²) in [7, 11) is 0. The predicted molar refractivity (Wildman–Crippen MR) is 76.5 cm³/mol. The average molecular weight is 316 g/mol. The molecule has 1 aromatic rings. The number of nitrogens with one attached hydrogen (secondary N) is 1. The third-order valence-corrected chi connectivity index (χ3v) is 4.19. The van der Waals surface area contributed by atoms with Gasteiger partial charge in [-0.3, -0.25) is 5.10 Å². The highest BCUT2D eigenvalue weighted by Gasteiger charge is 2.41. The first-order chi connectivity index (χ1) is 9.91. The monoisotopic (exact) mass is 316 g/mol. The summed E-state index contributed by atoms with van der Waals surface area (Å²) < 4.78 is 27.3. The Balaban J connectivity index is 2.41. The molecular weight excluding hydrogens is 298 g/mol. The summed E-state index contributed by atoms with van der Waals surface area (Å²) in [6.45, 7) is 1.93. The number of aromatic nitrogens is 5. The molecule has 0 spiro atoms. The predicted octanol–water partition coefficient (Wildman–Crippen LogP) is 2.56. The van der Waals surface area contributed by atoms with Crippen molar-refractivity contribution in [2.24, 2.45) is 5.92 Å². The Hall–Kier alpha value is -1.51. The highest BCUT2D eigenvalue weighted by molar-refractivity contribution is 7.98. The van der Waals surface area contributed by atoms with Crippen LogP contribution in [0.15, 0.2) is 11.2 Å². The fourth-order valence-corrected chi connectivity index (χ4v) is 2.67. The van der Waals surface area contributed by atoms with E-state index in [1.54, 1.807) is 0 Å². The molecule has 2 atom stereocenters. The number of thioether (sulfide) groups is 1. The van der Waals surface area contributed by atoms with E-state index in [1.807, 2.05) is 13.2 Å². The van der Waals surface area contributed by atoms with Gasteiger partial charge in [0.25, 0.3) is 0 Å². The number of nitrogens with two attached hydrogens (primary N) is 1. The van der Waals surface area contributed by atoms with E-state index in [2.05, 4.69) is 25.4 Å². The van der Waals surface area contributed by atoms with E-state index in [4.69, 9.17) is 5.73 Å². The zero-order valence-electron chi connectivity index (χ0n) is 11.9. The van der Waals surface area contributed by atoms with E-state index in [1.165, 1.54) is 18.0 Å². The first-order valence-electron chi connectivity index (χ1n) is 6.62. The van der Waals surface area contributed by atoms with Crippen LogP contribution in [0.4, 0.5) is 14.7 Å². The lowest BCUT2D eigenvalue weighted by molar-refractivity contribution is -0.0538. The third-order valence-electron chi connectivity index (χ3n) is 3.57. The van der Waals surface area contributed by atoms with E-state index in [-0.39, 0.29) is 24.7 Å². The van der Waals surface area contributed by atoms with Crippen molar-refractivity contribution in [2.75, 3.05) is 12.0 Å². The van der Waals surface area contributed by atoms with Gasteiger partial charge >= 0.3 is 0 Å². The van der Waals surface area contributed by atoms with E-state index in [9.17, 15) is 8.78 Å². The number of rotatable bonds is 2. The molecule has 0 radical (unpaired) electrons. The molecule has 0 aromatic carbocycles. The van der Waals surface area contributed by atoms with Crippen LogP contribution in [-0.4, -0.2) is 37.6 Å². The number of anilines is 1. The van der Waals surface area contributed by atoms with Crippen LogP contribution in [0.1, 0.15) is 37.9 Å².